The fourth-order valence-corrected chi connectivity index (χ4v) is 1.84. The lowest BCUT2D eigenvalue weighted by Gasteiger charge is -1.98. The Morgan fingerprint density at radius 1 is 1.36 bits per heavy atom. The van der Waals surface area contributed by atoms with Crippen molar-refractivity contribution in [1.82, 2.24) is 0 Å². The van der Waals surface area contributed by atoms with E-state index < -0.39 is 0 Å². The monoisotopic (exact) mass is 323 g/mol. The van der Waals surface area contributed by atoms with Crippen molar-refractivity contribution >= 4 is 16.8 Å². The van der Waals surface area contributed by atoms with E-state index in [2.05, 4.69) is 6.92 Å². The van der Waals surface area contributed by atoms with Gasteiger partial charge in [-0.2, -0.15) is 0 Å². The minimum absolute atomic E-state index is 0. The van der Waals surface area contributed by atoms with Crippen LogP contribution in [0.3, 0.4) is 0 Å². The van der Waals surface area contributed by atoms with Gasteiger partial charge in [-0.05, 0) is 16.9 Å². The average molecular weight is 323 g/mol. The molecule has 1 rings (SSSR count). The third-order valence-electron chi connectivity index (χ3n) is 1.60. The highest BCUT2D eigenvalue weighted by molar-refractivity contribution is 8.14. The molecule has 0 spiro atoms. The Kier molecular flexibility index (Phi) is 7.00. The molecule has 1 aromatic carbocycles. The molecule has 0 heterocycles. The predicted octanol–water partition coefficient (Wildman–Crippen LogP) is -0.778. The first-order chi connectivity index (χ1) is 6.25. The molecule has 0 unspecified atom stereocenters. The zero-order valence-corrected chi connectivity index (χ0v) is 11.2. The molecule has 14 heavy (non-hydrogen) atoms. The van der Waals surface area contributed by atoms with Crippen LogP contribution in [-0.4, -0.2) is 27.8 Å². The first-order valence-electron chi connectivity index (χ1n) is 4.23. The van der Waals surface area contributed by atoms with Crippen molar-refractivity contribution in [2.45, 2.75) is 6.92 Å². The highest BCUT2D eigenvalue weighted by Gasteiger charge is 2.12. The van der Waals surface area contributed by atoms with Crippen LogP contribution in [0.4, 0.5) is 0 Å². The molecule has 0 radical (unpaired) electrons. The molecule has 2 nitrogen and oxygen atoms in total. The Balaban J connectivity index is 0.00000169. The van der Waals surface area contributed by atoms with Crippen LogP contribution in [0.1, 0.15) is 12.5 Å². The molecule has 0 saturated heterocycles. The second-order valence-electron chi connectivity index (χ2n) is 2.63. The Bertz CT molecular complexity index is 296. The van der Waals surface area contributed by atoms with Gasteiger partial charge in [0.15, 0.2) is 7.05 Å². The Hall–Kier alpha value is -0.230. The van der Waals surface area contributed by atoms with Crippen molar-refractivity contribution in [3.8, 4) is 0 Å². The lowest BCUT2D eigenvalue weighted by Crippen LogP contribution is -3.00. The van der Waals surface area contributed by atoms with E-state index in [-0.39, 0.29) is 24.0 Å². The molecule has 0 aliphatic rings. The van der Waals surface area contributed by atoms with Crippen LogP contribution in [0.5, 0.6) is 0 Å². The van der Waals surface area contributed by atoms with Gasteiger partial charge in [0.05, 0.1) is 5.56 Å². The molecule has 0 fully saturated rings. The second-order valence-corrected chi connectivity index (χ2v) is 3.88. The molecular formula is C10H14INOS. The number of halogens is 1. The minimum atomic E-state index is 0. The molecular weight excluding hydrogens is 309 g/mol. The summed E-state index contributed by atoms with van der Waals surface area (Å²) in [6, 6.07) is 9.88. The van der Waals surface area contributed by atoms with Gasteiger partial charge >= 0.3 is 0 Å². The molecule has 0 saturated carbocycles. The van der Waals surface area contributed by atoms with Gasteiger partial charge in [0.1, 0.15) is 0 Å². The van der Waals surface area contributed by atoms with E-state index >= 15 is 0 Å². The summed E-state index contributed by atoms with van der Waals surface area (Å²) in [5.74, 6) is 0.953. The Morgan fingerprint density at radius 2 is 1.93 bits per heavy atom. The van der Waals surface area contributed by atoms with Crippen molar-refractivity contribution in [3.63, 3.8) is 0 Å². The maximum absolute atomic E-state index is 9.37. The van der Waals surface area contributed by atoms with Crippen LogP contribution in [0.25, 0.3) is 0 Å². The average Bonchev–Trinajstić information content (AvgIpc) is 2.15. The van der Waals surface area contributed by atoms with Gasteiger partial charge in [-0.15, -0.1) is 0 Å². The molecule has 0 aromatic heterocycles. The van der Waals surface area contributed by atoms with Crippen molar-refractivity contribution in [3.05, 3.63) is 35.9 Å². The third kappa shape index (κ3) is 3.88. The van der Waals surface area contributed by atoms with Crippen molar-refractivity contribution in [2.75, 3.05) is 12.8 Å². The van der Waals surface area contributed by atoms with E-state index in [1.807, 2.05) is 30.3 Å². The topological polar surface area (TPSA) is 23.2 Å². The number of hydrogen-bond donors (Lipinski definition) is 1. The van der Waals surface area contributed by atoms with E-state index in [1.165, 1.54) is 4.74 Å². The summed E-state index contributed by atoms with van der Waals surface area (Å²) in [6.45, 7) is 2.07. The zero-order chi connectivity index (χ0) is 9.68. The Labute approximate surface area is 106 Å². The number of hydrogen-bond acceptors (Lipinski definition) is 2. The molecule has 78 valence electrons. The number of rotatable bonds is 2. The molecule has 0 aliphatic heterocycles. The largest absolute Gasteiger partial charge is 1.00 e. The van der Waals surface area contributed by atoms with E-state index in [0.29, 0.717) is 0 Å². The Morgan fingerprint density at radius 3 is 2.36 bits per heavy atom. The summed E-state index contributed by atoms with van der Waals surface area (Å²) < 4.78 is 1.17. The molecule has 1 N–H and O–H groups in total. The van der Waals surface area contributed by atoms with E-state index in [0.717, 1.165) is 16.4 Å². The van der Waals surface area contributed by atoms with Gasteiger partial charge in [0.2, 0.25) is 0 Å². The first kappa shape index (κ1) is 13.8. The van der Waals surface area contributed by atoms with Crippen molar-refractivity contribution < 1.29 is 33.9 Å². The number of thioether (sulfide) groups is 1. The second kappa shape index (κ2) is 7.11. The van der Waals surface area contributed by atoms with Crippen LogP contribution in [0, 0.1) is 0 Å². The molecule has 0 amide bonds. The van der Waals surface area contributed by atoms with Crippen molar-refractivity contribution in [1.29, 1.82) is 0 Å². The van der Waals surface area contributed by atoms with E-state index in [9.17, 15) is 5.21 Å². The number of benzene rings is 1. The molecule has 4 heteroatoms. The maximum atomic E-state index is 9.37. The summed E-state index contributed by atoms with van der Waals surface area (Å²) in [5.41, 5.74) is 1.05. The van der Waals surface area contributed by atoms with Gasteiger partial charge in [-0.25, -0.2) is 0 Å². The van der Waals surface area contributed by atoms with E-state index in [4.69, 9.17) is 0 Å². The highest BCUT2D eigenvalue weighted by Crippen LogP contribution is 2.11. The molecule has 1 aromatic rings. The van der Waals surface area contributed by atoms with Gasteiger partial charge in [0.25, 0.3) is 5.04 Å². The predicted molar refractivity (Wildman–Crippen MR) is 56.7 cm³/mol. The lowest BCUT2D eigenvalue weighted by molar-refractivity contribution is -0.752. The van der Waals surface area contributed by atoms with Crippen LogP contribution in [0.15, 0.2) is 30.3 Å². The normalized spacial score (nSPS) is 11.6. The summed E-state index contributed by atoms with van der Waals surface area (Å²) in [7, 11) is 1.64. The third-order valence-corrected chi connectivity index (χ3v) is 2.66. The summed E-state index contributed by atoms with van der Waals surface area (Å²) >= 11 is 1.63. The molecule has 0 atom stereocenters. The first-order valence-corrected chi connectivity index (χ1v) is 5.22. The van der Waals surface area contributed by atoms with Gasteiger partial charge in [0, 0.05) is 5.75 Å². The summed E-state index contributed by atoms with van der Waals surface area (Å²) in [6.07, 6.45) is 0. The molecule has 0 bridgehead atoms. The van der Waals surface area contributed by atoms with Crippen LogP contribution in [0.2, 0.25) is 0 Å². The SMILES string of the molecule is CCS/C(c1ccccc1)=[N+](/C)O.[I-]. The van der Waals surface area contributed by atoms with Crippen LogP contribution in [-0.2, 0) is 0 Å². The highest BCUT2D eigenvalue weighted by atomic mass is 127. The van der Waals surface area contributed by atoms with Crippen LogP contribution >= 0.6 is 11.8 Å². The fourth-order valence-electron chi connectivity index (χ4n) is 1.08. The summed E-state index contributed by atoms with van der Waals surface area (Å²) in [5, 5.41) is 10.3. The fraction of sp³-hybridized carbons (Fsp3) is 0.300. The quantitative estimate of drug-likeness (QED) is 0.193. The summed E-state index contributed by atoms with van der Waals surface area (Å²) in [4.78, 5) is 0. The van der Waals surface area contributed by atoms with Gasteiger partial charge in [-0.3, -0.25) is 5.21 Å². The minimum Gasteiger partial charge on any atom is -1.00 e. The van der Waals surface area contributed by atoms with Gasteiger partial charge in [-0.1, -0.05) is 36.9 Å². The standard InChI is InChI=1S/C10H14NOS.HI/c1-3-13-10(11(2)12)9-7-5-4-6-8-9;/h4-8,12H,3H2,1-2H3;1H/q+1;/p-1/b11-10-;. The lowest BCUT2D eigenvalue weighted by atomic mass is 10.2. The van der Waals surface area contributed by atoms with Crippen molar-refractivity contribution in [2.24, 2.45) is 0 Å². The molecule has 0 aliphatic carbocycles. The van der Waals surface area contributed by atoms with Crippen LogP contribution < -0.4 is 24.0 Å². The number of nitrogens with zero attached hydrogens (tertiary/aromatic N) is 1. The number of hydroxylamine groups is 1. The smallest absolute Gasteiger partial charge is 0.291 e. The van der Waals surface area contributed by atoms with Gasteiger partial charge < -0.3 is 24.0 Å². The van der Waals surface area contributed by atoms with E-state index in [1.54, 1.807) is 18.8 Å². The maximum Gasteiger partial charge on any atom is 0.291 e. The zero-order valence-electron chi connectivity index (χ0n) is 8.27.